The predicted octanol–water partition coefficient (Wildman–Crippen LogP) is 4.47. The highest BCUT2D eigenvalue weighted by atomic mass is 35.5. The van der Waals surface area contributed by atoms with E-state index in [1.165, 1.54) is 0 Å². The van der Waals surface area contributed by atoms with E-state index in [1.54, 1.807) is 48.5 Å². The van der Waals surface area contributed by atoms with E-state index < -0.39 is 0 Å². The summed E-state index contributed by atoms with van der Waals surface area (Å²) in [6, 6.07) is 13.7. The number of ether oxygens (including phenoxy) is 1. The third-order valence-electron chi connectivity index (χ3n) is 4.20. The minimum atomic E-state index is -0.108. The highest BCUT2D eigenvalue weighted by molar-refractivity contribution is 6.30. The Kier molecular flexibility index (Phi) is 5.84. The Morgan fingerprint density at radius 2 is 1.88 bits per heavy atom. The normalized spacial score (nSPS) is 17.1. The van der Waals surface area contributed by atoms with Crippen molar-refractivity contribution in [2.75, 3.05) is 11.9 Å². The average Bonchev–Trinajstić information content (AvgIpc) is 2.63. The maximum Gasteiger partial charge on any atom is 0.226 e. The topological polar surface area (TPSA) is 55.4 Å². The fourth-order valence-corrected chi connectivity index (χ4v) is 3.02. The first-order valence-corrected chi connectivity index (χ1v) is 8.81. The first kappa shape index (κ1) is 17.6. The van der Waals surface area contributed by atoms with Crippen LogP contribution in [-0.4, -0.2) is 24.4 Å². The summed E-state index contributed by atoms with van der Waals surface area (Å²) in [4.78, 5) is 24.7. The summed E-state index contributed by atoms with van der Waals surface area (Å²) in [5.74, 6) is -0.202. The van der Waals surface area contributed by atoms with Crippen molar-refractivity contribution in [2.45, 2.75) is 31.8 Å². The van der Waals surface area contributed by atoms with Gasteiger partial charge in [0.25, 0.3) is 0 Å². The van der Waals surface area contributed by atoms with Gasteiger partial charge in [-0.05, 0) is 55.7 Å². The van der Waals surface area contributed by atoms with Crippen molar-refractivity contribution in [3.8, 4) is 0 Å². The molecule has 0 spiro atoms. The lowest BCUT2D eigenvalue weighted by molar-refractivity contribution is -0.119. The molecule has 130 valence electrons. The van der Waals surface area contributed by atoms with Crippen LogP contribution in [0.25, 0.3) is 0 Å². The Morgan fingerprint density at radius 1 is 1.08 bits per heavy atom. The second-order valence-electron chi connectivity index (χ2n) is 6.16. The third kappa shape index (κ3) is 4.91. The lowest BCUT2D eigenvalue weighted by Crippen LogP contribution is -2.25. The zero-order chi connectivity index (χ0) is 17.6. The van der Waals surface area contributed by atoms with Gasteiger partial charge in [-0.15, -0.1) is 0 Å². The molecule has 0 saturated carbocycles. The van der Waals surface area contributed by atoms with Gasteiger partial charge < -0.3 is 10.1 Å². The van der Waals surface area contributed by atoms with E-state index in [2.05, 4.69) is 5.32 Å². The smallest absolute Gasteiger partial charge is 0.226 e. The Hall–Kier alpha value is -2.17. The molecule has 1 N–H and O–H groups in total. The number of benzene rings is 2. The molecule has 3 rings (SSSR count). The maximum atomic E-state index is 12.5. The highest BCUT2D eigenvalue weighted by Crippen LogP contribution is 2.19. The molecule has 0 radical (unpaired) electrons. The van der Waals surface area contributed by atoms with Gasteiger partial charge in [-0.2, -0.15) is 0 Å². The Bertz CT molecular complexity index is 752. The van der Waals surface area contributed by atoms with E-state index in [0.717, 1.165) is 25.9 Å². The van der Waals surface area contributed by atoms with Crippen LogP contribution in [0.5, 0.6) is 0 Å². The van der Waals surface area contributed by atoms with E-state index in [1.807, 2.05) is 0 Å². The lowest BCUT2D eigenvalue weighted by Gasteiger charge is -2.21. The number of carbonyl (C=O) groups excluding carboxylic acids is 2. The number of anilines is 1. The number of halogens is 1. The molecule has 1 fully saturated rings. The fourth-order valence-electron chi connectivity index (χ4n) is 2.89. The maximum absolute atomic E-state index is 12.5. The lowest BCUT2D eigenvalue weighted by atomic mass is 10.0. The molecule has 2 aromatic carbocycles. The van der Waals surface area contributed by atoms with Gasteiger partial charge >= 0.3 is 0 Å². The molecule has 1 heterocycles. The molecule has 1 unspecified atom stereocenters. The van der Waals surface area contributed by atoms with Gasteiger partial charge in [0.1, 0.15) is 0 Å². The summed E-state index contributed by atoms with van der Waals surface area (Å²) in [6.45, 7) is 0.725. The molecular formula is C20H20ClNO3. The van der Waals surface area contributed by atoms with Crippen molar-refractivity contribution in [1.29, 1.82) is 0 Å². The Morgan fingerprint density at radius 3 is 2.60 bits per heavy atom. The number of carbonyl (C=O) groups is 2. The second-order valence-corrected chi connectivity index (χ2v) is 6.59. The van der Waals surface area contributed by atoms with Crippen molar-refractivity contribution in [3.05, 3.63) is 64.7 Å². The Balaban J connectivity index is 1.65. The SMILES string of the molecule is O=C(CC1CCCCO1)Nc1cccc(C(=O)c2ccc(Cl)cc2)c1. The molecule has 0 aromatic heterocycles. The number of rotatable bonds is 5. The van der Waals surface area contributed by atoms with Crippen LogP contribution in [0.15, 0.2) is 48.5 Å². The van der Waals surface area contributed by atoms with E-state index in [9.17, 15) is 9.59 Å². The monoisotopic (exact) mass is 357 g/mol. The minimum absolute atomic E-state index is 0.00682. The van der Waals surface area contributed by atoms with Gasteiger partial charge in [0.15, 0.2) is 5.78 Å². The number of hydrogen-bond donors (Lipinski definition) is 1. The minimum Gasteiger partial charge on any atom is -0.378 e. The van der Waals surface area contributed by atoms with E-state index >= 15 is 0 Å². The van der Waals surface area contributed by atoms with E-state index in [4.69, 9.17) is 16.3 Å². The first-order valence-electron chi connectivity index (χ1n) is 8.43. The average molecular weight is 358 g/mol. The third-order valence-corrected chi connectivity index (χ3v) is 4.45. The molecule has 1 saturated heterocycles. The van der Waals surface area contributed by atoms with Gasteiger partial charge in [-0.1, -0.05) is 23.7 Å². The largest absolute Gasteiger partial charge is 0.378 e. The number of hydrogen-bond acceptors (Lipinski definition) is 3. The van der Waals surface area contributed by atoms with Gasteiger partial charge in [0, 0.05) is 28.4 Å². The van der Waals surface area contributed by atoms with Crippen molar-refractivity contribution in [1.82, 2.24) is 0 Å². The summed E-state index contributed by atoms with van der Waals surface area (Å²) < 4.78 is 5.59. The van der Waals surface area contributed by atoms with Crippen LogP contribution in [0.4, 0.5) is 5.69 Å². The standard InChI is InChI=1S/C20H20ClNO3/c21-16-9-7-14(8-10-16)20(24)15-4-3-5-17(12-15)22-19(23)13-18-6-1-2-11-25-18/h3-5,7-10,12,18H,1-2,6,11,13H2,(H,22,23). The molecule has 1 aliphatic heterocycles. The molecule has 4 nitrogen and oxygen atoms in total. The molecule has 0 bridgehead atoms. The molecule has 1 amide bonds. The molecule has 0 aliphatic carbocycles. The van der Waals surface area contributed by atoms with E-state index in [-0.39, 0.29) is 17.8 Å². The summed E-state index contributed by atoms with van der Waals surface area (Å²) in [5.41, 5.74) is 1.69. The van der Waals surface area contributed by atoms with Crippen LogP contribution >= 0.6 is 11.6 Å². The highest BCUT2D eigenvalue weighted by Gasteiger charge is 2.18. The molecular weight excluding hydrogens is 338 g/mol. The summed E-state index contributed by atoms with van der Waals surface area (Å²) in [7, 11) is 0. The van der Waals surface area contributed by atoms with Gasteiger partial charge in [0.05, 0.1) is 12.5 Å². The van der Waals surface area contributed by atoms with Crippen LogP contribution < -0.4 is 5.32 Å². The molecule has 5 heteroatoms. The van der Waals surface area contributed by atoms with Crippen molar-refractivity contribution in [2.24, 2.45) is 0 Å². The van der Waals surface area contributed by atoms with Gasteiger partial charge in [-0.25, -0.2) is 0 Å². The zero-order valence-corrected chi connectivity index (χ0v) is 14.6. The number of nitrogens with one attached hydrogen (secondary N) is 1. The van der Waals surface area contributed by atoms with Crippen molar-refractivity contribution < 1.29 is 14.3 Å². The van der Waals surface area contributed by atoms with Crippen LogP contribution in [0.2, 0.25) is 5.02 Å². The van der Waals surface area contributed by atoms with Crippen molar-refractivity contribution in [3.63, 3.8) is 0 Å². The molecule has 1 atom stereocenters. The summed E-state index contributed by atoms with van der Waals surface area (Å²) >= 11 is 5.86. The zero-order valence-electron chi connectivity index (χ0n) is 13.8. The van der Waals surface area contributed by atoms with Gasteiger partial charge in [0.2, 0.25) is 5.91 Å². The summed E-state index contributed by atoms with van der Waals surface area (Å²) in [6.07, 6.45) is 3.42. The van der Waals surface area contributed by atoms with Crippen LogP contribution in [0, 0.1) is 0 Å². The Labute approximate surface area is 152 Å². The molecule has 2 aromatic rings. The quantitative estimate of drug-likeness (QED) is 0.803. The molecule has 1 aliphatic rings. The molecule has 25 heavy (non-hydrogen) atoms. The van der Waals surface area contributed by atoms with Crippen LogP contribution in [0.1, 0.15) is 41.6 Å². The van der Waals surface area contributed by atoms with Gasteiger partial charge in [-0.3, -0.25) is 9.59 Å². The predicted molar refractivity (Wildman–Crippen MR) is 98.2 cm³/mol. The fraction of sp³-hybridized carbons (Fsp3) is 0.300. The first-order chi connectivity index (χ1) is 12.1. The van der Waals surface area contributed by atoms with Crippen LogP contribution in [-0.2, 0) is 9.53 Å². The van der Waals surface area contributed by atoms with E-state index in [0.29, 0.717) is 28.3 Å². The number of ketones is 1. The van der Waals surface area contributed by atoms with Crippen LogP contribution in [0.3, 0.4) is 0 Å². The summed E-state index contributed by atoms with van der Waals surface area (Å²) in [5, 5.41) is 3.44. The second kappa shape index (κ2) is 8.28. The number of amides is 1. The van der Waals surface area contributed by atoms with Crippen molar-refractivity contribution >= 4 is 29.0 Å².